The summed E-state index contributed by atoms with van der Waals surface area (Å²) in [7, 11) is 1.81. The molecule has 2 aromatic rings. The maximum absolute atomic E-state index is 8.17. The minimum absolute atomic E-state index is 0.282. The van der Waals surface area contributed by atoms with Crippen molar-refractivity contribution in [2.24, 2.45) is 0 Å². The van der Waals surface area contributed by atoms with Crippen molar-refractivity contribution in [2.75, 3.05) is 11.9 Å². The molecule has 0 atom stereocenters. The molecule has 0 saturated heterocycles. The van der Waals surface area contributed by atoms with Gasteiger partial charge in [-0.3, -0.25) is 10.4 Å². The molecule has 0 aliphatic rings. The van der Waals surface area contributed by atoms with Gasteiger partial charge < -0.3 is 4.90 Å². The smallest absolute Gasteiger partial charge is 0.154 e. The lowest BCUT2D eigenvalue weighted by molar-refractivity contribution is 1.06. The zero-order valence-corrected chi connectivity index (χ0v) is 11.6. The fourth-order valence-corrected chi connectivity index (χ4v) is 1.79. The average molecular weight is 255 g/mol. The Hall–Kier alpha value is -2.30. The van der Waals surface area contributed by atoms with Crippen molar-refractivity contribution >= 4 is 11.7 Å². The number of aryl methyl sites for hydroxylation is 3. The Morgan fingerprint density at radius 2 is 1.79 bits per heavy atom. The molecule has 0 radical (unpaired) electrons. The monoisotopic (exact) mass is 255 g/mol. The Bertz CT molecular complexity index is 583. The normalized spacial score (nSPS) is 10.3. The van der Waals surface area contributed by atoms with Crippen LogP contribution in [0.4, 0.5) is 5.82 Å². The Labute approximate surface area is 112 Å². The van der Waals surface area contributed by atoms with Crippen LogP contribution in [-0.2, 0) is 0 Å². The maximum Gasteiger partial charge on any atom is 0.154 e. The van der Waals surface area contributed by atoms with E-state index in [4.69, 9.17) is 5.41 Å². The zero-order chi connectivity index (χ0) is 14.0. The molecule has 0 spiro atoms. The summed E-state index contributed by atoms with van der Waals surface area (Å²) in [6.45, 7) is 5.83. The number of aromatic nitrogens is 3. The van der Waals surface area contributed by atoms with Crippen LogP contribution in [0.1, 0.15) is 22.6 Å². The second-order valence-electron chi connectivity index (χ2n) is 4.59. The number of anilines is 1. The maximum atomic E-state index is 8.17. The zero-order valence-electron chi connectivity index (χ0n) is 11.6. The van der Waals surface area contributed by atoms with E-state index in [2.05, 4.69) is 15.0 Å². The van der Waals surface area contributed by atoms with E-state index in [1.54, 1.807) is 17.3 Å². The molecule has 0 fully saturated rings. The summed E-state index contributed by atoms with van der Waals surface area (Å²) in [5.74, 6) is 1.02. The van der Waals surface area contributed by atoms with Crippen molar-refractivity contribution < 1.29 is 0 Å². The molecule has 0 saturated carbocycles. The number of hydrogen-bond donors (Lipinski definition) is 1. The first-order chi connectivity index (χ1) is 8.97. The number of nitrogens with one attached hydrogen (secondary N) is 1. The third-order valence-electron chi connectivity index (χ3n) is 2.79. The summed E-state index contributed by atoms with van der Waals surface area (Å²) in [6.07, 6.45) is 3.27. The third-order valence-corrected chi connectivity index (χ3v) is 2.79. The Kier molecular flexibility index (Phi) is 3.55. The first-order valence-corrected chi connectivity index (χ1v) is 6.04. The van der Waals surface area contributed by atoms with Gasteiger partial charge in [0.15, 0.2) is 5.84 Å². The number of hydrogen-bond acceptors (Lipinski definition) is 4. The molecular weight excluding hydrogens is 238 g/mol. The average Bonchev–Trinajstić information content (AvgIpc) is 2.37. The second kappa shape index (κ2) is 5.14. The quantitative estimate of drug-likeness (QED) is 0.660. The van der Waals surface area contributed by atoms with Gasteiger partial charge in [0.05, 0.1) is 11.9 Å². The SMILES string of the molecule is Cc1cc(C)nc(N(C)C(=N)c2cnc(C)cn2)c1. The summed E-state index contributed by atoms with van der Waals surface area (Å²) in [5.41, 5.74) is 3.43. The summed E-state index contributed by atoms with van der Waals surface area (Å²) in [5, 5.41) is 8.17. The van der Waals surface area contributed by atoms with E-state index in [1.807, 2.05) is 40.0 Å². The molecule has 1 N–H and O–H groups in total. The molecular formula is C14H17N5. The number of nitrogens with zero attached hydrogens (tertiary/aromatic N) is 4. The molecule has 0 aliphatic heterocycles. The van der Waals surface area contributed by atoms with Crippen LogP contribution in [0.25, 0.3) is 0 Å². The highest BCUT2D eigenvalue weighted by Gasteiger charge is 2.13. The van der Waals surface area contributed by atoms with Gasteiger partial charge in [0.1, 0.15) is 11.5 Å². The van der Waals surface area contributed by atoms with Gasteiger partial charge in [-0.15, -0.1) is 0 Å². The molecule has 0 amide bonds. The number of rotatable bonds is 2. The fraction of sp³-hybridized carbons (Fsp3) is 0.286. The van der Waals surface area contributed by atoms with E-state index < -0.39 is 0 Å². The van der Waals surface area contributed by atoms with E-state index >= 15 is 0 Å². The van der Waals surface area contributed by atoms with E-state index in [-0.39, 0.29) is 5.84 Å². The van der Waals surface area contributed by atoms with E-state index in [9.17, 15) is 0 Å². The van der Waals surface area contributed by atoms with Gasteiger partial charge in [0.25, 0.3) is 0 Å². The van der Waals surface area contributed by atoms with Crippen LogP contribution in [0.15, 0.2) is 24.5 Å². The van der Waals surface area contributed by atoms with E-state index in [1.165, 1.54) is 0 Å². The lowest BCUT2D eigenvalue weighted by Gasteiger charge is -2.19. The Morgan fingerprint density at radius 3 is 2.37 bits per heavy atom. The minimum atomic E-state index is 0.282. The number of amidine groups is 1. The van der Waals surface area contributed by atoms with Gasteiger partial charge >= 0.3 is 0 Å². The van der Waals surface area contributed by atoms with Crippen molar-refractivity contribution in [3.8, 4) is 0 Å². The highest BCUT2D eigenvalue weighted by Crippen LogP contribution is 2.14. The summed E-state index contributed by atoms with van der Waals surface area (Å²) in [4.78, 5) is 14.5. The second-order valence-corrected chi connectivity index (χ2v) is 4.59. The van der Waals surface area contributed by atoms with Crippen molar-refractivity contribution in [1.82, 2.24) is 15.0 Å². The van der Waals surface area contributed by atoms with Crippen molar-refractivity contribution in [3.05, 3.63) is 47.2 Å². The van der Waals surface area contributed by atoms with Crippen molar-refractivity contribution in [2.45, 2.75) is 20.8 Å². The summed E-state index contributed by atoms with van der Waals surface area (Å²) < 4.78 is 0. The Morgan fingerprint density at radius 1 is 1.05 bits per heavy atom. The highest BCUT2D eigenvalue weighted by atomic mass is 15.2. The molecule has 5 heteroatoms. The van der Waals surface area contributed by atoms with Gasteiger partial charge in [-0.25, -0.2) is 9.97 Å². The lowest BCUT2D eigenvalue weighted by Crippen LogP contribution is -2.28. The van der Waals surface area contributed by atoms with Gasteiger partial charge in [0.2, 0.25) is 0 Å². The van der Waals surface area contributed by atoms with Gasteiger partial charge in [-0.2, -0.15) is 0 Å². The first-order valence-electron chi connectivity index (χ1n) is 6.04. The van der Waals surface area contributed by atoms with Crippen molar-refractivity contribution in [3.63, 3.8) is 0 Å². The largest absolute Gasteiger partial charge is 0.313 e. The standard InChI is InChI=1S/C14H17N5/c1-9-5-10(2)18-13(6-9)19(4)14(15)12-8-16-11(3)7-17-12/h5-8,15H,1-4H3. The molecule has 19 heavy (non-hydrogen) atoms. The molecule has 0 aliphatic carbocycles. The molecule has 98 valence electrons. The molecule has 2 rings (SSSR count). The van der Waals surface area contributed by atoms with Crippen LogP contribution in [0.5, 0.6) is 0 Å². The van der Waals surface area contributed by atoms with Gasteiger partial charge in [-0.1, -0.05) is 0 Å². The third kappa shape index (κ3) is 2.93. The molecule has 0 unspecified atom stereocenters. The van der Waals surface area contributed by atoms with Crippen LogP contribution in [0, 0.1) is 26.2 Å². The molecule has 0 aromatic carbocycles. The Balaban J connectivity index is 2.30. The lowest BCUT2D eigenvalue weighted by atomic mass is 10.2. The molecule has 5 nitrogen and oxygen atoms in total. The predicted molar refractivity (Wildman–Crippen MR) is 75.7 cm³/mol. The summed E-state index contributed by atoms with van der Waals surface area (Å²) in [6, 6.07) is 3.95. The van der Waals surface area contributed by atoms with Crippen LogP contribution in [0.3, 0.4) is 0 Å². The number of pyridine rings is 1. The van der Waals surface area contributed by atoms with Crippen LogP contribution in [0.2, 0.25) is 0 Å². The van der Waals surface area contributed by atoms with Crippen LogP contribution in [-0.4, -0.2) is 27.8 Å². The van der Waals surface area contributed by atoms with Crippen LogP contribution >= 0.6 is 0 Å². The van der Waals surface area contributed by atoms with E-state index in [0.717, 1.165) is 22.8 Å². The fourth-order valence-electron chi connectivity index (χ4n) is 1.79. The van der Waals surface area contributed by atoms with Gasteiger partial charge in [-0.05, 0) is 38.5 Å². The van der Waals surface area contributed by atoms with Crippen LogP contribution < -0.4 is 4.90 Å². The highest BCUT2D eigenvalue weighted by molar-refractivity contribution is 6.05. The van der Waals surface area contributed by atoms with Crippen molar-refractivity contribution in [1.29, 1.82) is 5.41 Å². The molecule has 2 heterocycles. The molecule has 2 aromatic heterocycles. The summed E-state index contributed by atoms with van der Waals surface area (Å²) >= 11 is 0. The first kappa shape index (κ1) is 13.1. The van der Waals surface area contributed by atoms with E-state index in [0.29, 0.717) is 5.69 Å². The van der Waals surface area contributed by atoms with Gasteiger partial charge in [0, 0.05) is 18.9 Å². The molecule has 0 bridgehead atoms. The topological polar surface area (TPSA) is 65.8 Å². The minimum Gasteiger partial charge on any atom is -0.313 e. The predicted octanol–water partition coefficient (Wildman–Crippen LogP) is 2.26.